The molecule has 0 aliphatic carbocycles. The predicted molar refractivity (Wildman–Crippen MR) is 79.6 cm³/mol. The van der Waals surface area contributed by atoms with Crippen molar-refractivity contribution in [1.82, 2.24) is 5.32 Å². The van der Waals surface area contributed by atoms with Crippen molar-refractivity contribution in [1.29, 1.82) is 0 Å². The van der Waals surface area contributed by atoms with Gasteiger partial charge in [0.15, 0.2) is 0 Å². The summed E-state index contributed by atoms with van der Waals surface area (Å²) in [5.41, 5.74) is 0.297. The maximum Gasteiger partial charge on any atom is 0.272 e. The Balaban J connectivity index is 3.02. The number of halogens is 2. The van der Waals surface area contributed by atoms with Crippen molar-refractivity contribution in [2.75, 3.05) is 25.5 Å². The molecule has 0 radical (unpaired) electrons. The van der Waals surface area contributed by atoms with Gasteiger partial charge in [-0.3, -0.25) is 14.9 Å². The zero-order chi connectivity index (χ0) is 15.4. The minimum absolute atomic E-state index is 0.106. The normalized spacial score (nSPS) is 11.8. The van der Waals surface area contributed by atoms with Crippen molar-refractivity contribution >= 4 is 40.5 Å². The van der Waals surface area contributed by atoms with Gasteiger partial charge in [-0.2, -0.15) is 0 Å². The van der Waals surface area contributed by atoms with Gasteiger partial charge in [0.2, 0.25) is 5.91 Å². The van der Waals surface area contributed by atoms with E-state index in [-0.39, 0.29) is 27.6 Å². The summed E-state index contributed by atoms with van der Waals surface area (Å²) in [4.78, 5) is 23.4. The summed E-state index contributed by atoms with van der Waals surface area (Å²) >= 11 is 12.1. The minimum atomic E-state index is -0.561. The molecule has 1 N–H and O–H groups in total. The van der Waals surface area contributed by atoms with Crippen LogP contribution in [0.3, 0.4) is 0 Å². The summed E-state index contributed by atoms with van der Waals surface area (Å²) in [5.74, 6) is -0.377. The number of carbonyl (C=O) groups is 1. The Bertz CT molecular complexity index is 514. The molecule has 0 aliphatic heterocycles. The van der Waals surface area contributed by atoms with Crippen molar-refractivity contribution in [2.45, 2.75) is 6.92 Å². The van der Waals surface area contributed by atoms with E-state index in [2.05, 4.69) is 5.32 Å². The number of amides is 1. The quantitative estimate of drug-likeness (QED) is 0.668. The third-order valence-corrected chi connectivity index (χ3v) is 3.41. The molecule has 0 spiro atoms. The summed E-state index contributed by atoms with van der Waals surface area (Å²) in [7, 11) is 3.28. The zero-order valence-electron chi connectivity index (χ0n) is 11.3. The molecule has 0 fully saturated rings. The lowest BCUT2D eigenvalue weighted by Crippen LogP contribution is -2.34. The van der Waals surface area contributed by atoms with Crippen LogP contribution in [0.15, 0.2) is 12.1 Å². The van der Waals surface area contributed by atoms with E-state index in [1.165, 1.54) is 12.1 Å². The van der Waals surface area contributed by atoms with Crippen molar-refractivity contribution in [3.05, 3.63) is 32.3 Å². The van der Waals surface area contributed by atoms with Crippen LogP contribution in [0.5, 0.6) is 0 Å². The first kappa shape index (κ1) is 16.5. The van der Waals surface area contributed by atoms with Gasteiger partial charge in [0.25, 0.3) is 5.69 Å². The Labute approximate surface area is 126 Å². The first-order valence-electron chi connectivity index (χ1n) is 5.84. The van der Waals surface area contributed by atoms with E-state index in [1.54, 1.807) is 25.9 Å². The Morgan fingerprint density at radius 2 is 1.95 bits per heavy atom. The number of hydrogen-bond donors (Lipinski definition) is 1. The number of anilines is 1. The van der Waals surface area contributed by atoms with Gasteiger partial charge >= 0.3 is 0 Å². The summed E-state index contributed by atoms with van der Waals surface area (Å²) in [6.45, 7) is 2.15. The predicted octanol–water partition coefficient (Wildman–Crippen LogP) is 2.72. The molecule has 0 saturated carbocycles. The van der Waals surface area contributed by atoms with Gasteiger partial charge in [-0.15, -0.1) is 0 Å². The minimum Gasteiger partial charge on any atom is -0.371 e. The number of non-ortho nitro benzene ring substituents is 1. The Morgan fingerprint density at radius 1 is 1.45 bits per heavy atom. The van der Waals surface area contributed by atoms with Gasteiger partial charge in [-0.1, -0.05) is 30.1 Å². The lowest BCUT2D eigenvalue weighted by atomic mass is 10.1. The van der Waals surface area contributed by atoms with Crippen LogP contribution in [-0.4, -0.2) is 31.5 Å². The second kappa shape index (κ2) is 6.76. The molecule has 110 valence electrons. The van der Waals surface area contributed by atoms with Crippen LogP contribution in [0.2, 0.25) is 10.0 Å². The number of nitrogens with zero attached hydrogens (tertiary/aromatic N) is 2. The molecule has 1 aromatic rings. The van der Waals surface area contributed by atoms with Gasteiger partial charge < -0.3 is 10.2 Å². The molecule has 0 heterocycles. The van der Waals surface area contributed by atoms with Gasteiger partial charge in [-0.25, -0.2) is 0 Å². The number of rotatable bonds is 5. The van der Waals surface area contributed by atoms with Crippen molar-refractivity contribution in [2.24, 2.45) is 5.92 Å². The topological polar surface area (TPSA) is 75.5 Å². The van der Waals surface area contributed by atoms with Crippen LogP contribution < -0.4 is 10.2 Å². The van der Waals surface area contributed by atoms with Gasteiger partial charge in [0.05, 0.1) is 26.6 Å². The SMILES string of the molecule is CNC(=O)C(C)CN(C)c1c(Cl)cc([N+](=O)[O-])cc1Cl. The third-order valence-electron chi connectivity index (χ3n) is 2.84. The second-order valence-electron chi connectivity index (χ2n) is 4.41. The molecular formula is C12H15Cl2N3O3. The lowest BCUT2D eigenvalue weighted by Gasteiger charge is -2.24. The van der Waals surface area contributed by atoms with Crippen molar-refractivity contribution in [3.63, 3.8) is 0 Å². The number of carbonyl (C=O) groups excluding carboxylic acids is 1. The summed E-state index contributed by atoms with van der Waals surface area (Å²) < 4.78 is 0. The molecule has 1 rings (SSSR count). The average Bonchev–Trinajstić information content (AvgIpc) is 2.36. The fourth-order valence-electron chi connectivity index (χ4n) is 1.85. The summed E-state index contributed by atoms with van der Waals surface area (Å²) in [6, 6.07) is 2.48. The molecule has 20 heavy (non-hydrogen) atoms. The molecule has 0 aromatic heterocycles. The molecule has 1 amide bonds. The van der Waals surface area contributed by atoms with Gasteiger partial charge in [0.1, 0.15) is 0 Å². The molecule has 0 saturated heterocycles. The molecule has 8 heteroatoms. The standard InChI is InChI=1S/C12H15Cl2N3O3/c1-7(12(18)15-2)6-16(3)11-9(13)4-8(17(19)20)5-10(11)14/h4-5,7H,6H2,1-3H3,(H,15,18). The largest absolute Gasteiger partial charge is 0.371 e. The van der Waals surface area contributed by atoms with E-state index in [9.17, 15) is 14.9 Å². The van der Waals surface area contributed by atoms with Crippen LogP contribution >= 0.6 is 23.2 Å². The second-order valence-corrected chi connectivity index (χ2v) is 5.23. The first-order chi connectivity index (χ1) is 9.27. The van der Waals surface area contributed by atoms with Crippen LogP contribution in [0.25, 0.3) is 0 Å². The fourth-order valence-corrected chi connectivity index (χ4v) is 2.62. The van der Waals surface area contributed by atoms with Gasteiger partial charge in [0, 0.05) is 32.8 Å². The number of nitro benzene ring substituents is 1. The molecule has 6 nitrogen and oxygen atoms in total. The summed E-state index contributed by atoms with van der Waals surface area (Å²) in [5, 5.41) is 13.6. The number of nitrogens with one attached hydrogen (secondary N) is 1. The molecule has 1 unspecified atom stereocenters. The van der Waals surface area contributed by atoms with E-state index in [4.69, 9.17) is 23.2 Å². The highest BCUT2D eigenvalue weighted by Gasteiger charge is 2.20. The van der Waals surface area contributed by atoms with Crippen LogP contribution in [-0.2, 0) is 4.79 Å². The monoisotopic (exact) mass is 319 g/mol. The number of nitro groups is 1. The highest BCUT2D eigenvalue weighted by molar-refractivity contribution is 6.39. The Kier molecular flexibility index (Phi) is 5.59. The van der Waals surface area contributed by atoms with Crippen molar-refractivity contribution in [3.8, 4) is 0 Å². The zero-order valence-corrected chi connectivity index (χ0v) is 12.8. The maximum absolute atomic E-state index is 11.5. The van der Waals surface area contributed by atoms with Crippen LogP contribution in [0.4, 0.5) is 11.4 Å². The van der Waals surface area contributed by atoms with Crippen LogP contribution in [0.1, 0.15) is 6.92 Å². The molecule has 0 aliphatic rings. The Hall–Kier alpha value is -1.53. The van der Waals surface area contributed by atoms with Gasteiger partial charge in [-0.05, 0) is 0 Å². The van der Waals surface area contributed by atoms with E-state index in [0.29, 0.717) is 12.2 Å². The lowest BCUT2D eigenvalue weighted by molar-refractivity contribution is -0.384. The molecular weight excluding hydrogens is 305 g/mol. The Morgan fingerprint density at radius 3 is 2.35 bits per heavy atom. The van der Waals surface area contributed by atoms with E-state index in [0.717, 1.165) is 0 Å². The van der Waals surface area contributed by atoms with E-state index >= 15 is 0 Å². The van der Waals surface area contributed by atoms with Crippen molar-refractivity contribution < 1.29 is 9.72 Å². The number of hydrogen-bond acceptors (Lipinski definition) is 4. The molecule has 1 aromatic carbocycles. The third kappa shape index (κ3) is 3.74. The maximum atomic E-state index is 11.5. The smallest absolute Gasteiger partial charge is 0.272 e. The fraction of sp³-hybridized carbons (Fsp3) is 0.417. The number of benzene rings is 1. The van der Waals surface area contributed by atoms with Crippen LogP contribution in [0, 0.1) is 16.0 Å². The first-order valence-corrected chi connectivity index (χ1v) is 6.59. The average molecular weight is 320 g/mol. The van der Waals surface area contributed by atoms with E-state index in [1.807, 2.05) is 0 Å². The molecule has 1 atom stereocenters. The van der Waals surface area contributed by atoms with E-state index < -0.39 is 4.92 Å². The molecule has 0 bridgehead atoms. The highest BCUT2D eigenvalue weighted by Crippen LogP contribution is 2.37. The summed E-state index contributed by atoms with van der Waals surface area (Å²) in [6.07, 6.45) is 0. The highest BCUT2D eigenvalue weighted by atomic mass is 35.5.